The lowest BCUT2D eigenvalue weighted by Crippen LogP contribution is -2.21. The van der Waals surface area contributed by atoms with E-state index in [1.807, 2.05) is 6.07 Å². The van der Waals surface area contributed by atoms with Gasteiger partial charge in [0.1, 0.15) is 11.1 Å². The number of benzene rings is 1. The first kappa shape index (κ1) is 13.3. The van der Waals surface area contributed by atoms with Crippen molar-refractivity contribution in [1.82, 2.24) is 0 Å². The van der Waals surface area contributed by atoms with Crippen LogP contribution in [0.3, 0.4) is 0 Å². The van der Waals surface area contributed by atoms with Crippen molar-refractivity contribution in [3.63, 3.8) is 0 Å². The topological polar surface area (TPSA) is 56.5 Å². The molecule has 2 bridgehead atoms. The van der Waals surface area contributed by atoms with Gasteiger partial charge in [-0.25, -0.2) is 9.59 Å². The lowest BCUT2D eigenvalue weighted by Gasteiger charge is -2.17. The number of hydrogen-bond donors (Lipinski definition) is 0. The zero-order valence-corrected chi connectivity index (χ0v) is 12.0. The van der Waals surface area contributed by atoms with Gasteiger partial charge in [0.25, 0.3) is 0 Å². The van der Waals surface area contributed by atoms with Crippen molar-refractivity contribution in [3.8, 4) is 0 Å². The summed E-state index contributed by atoms with van der Waals surface area (Å²) in [5, 5.41) is 0.719. The highest BCUT2D eigenvalue weighted by molar-refractivity contribution is 5.92. The van der Waals surface area contributed by atoms with E-state index in [1.54, 1.807) is 24.3 Å². The van der Waals surface area contributed by atoms with E-state index in [-0.39, 0.29) is 5.56 Å². The molecule has 4 rings (SSSR count). The normalized spacial score (nSPS) is 25.7. The van der Waals surface area contributed by atoms with Crippen LogP contribution >= 0.6 is 0 Å². The van der Waals surface area contributed by atoms with Gasteiger partial charge in [-0.1, -0.05) is 30.4 Å². The third kappa shape index (κ3) is 2.25. The highest BCUT2D eigenvalue weighted by Gasteiger charge is 2.36. The number of esters is 1. The first-order valence-electron chi connectivity index (χ1n) is 7.59. The van der Waals surface area contributed by atoms with Crippen LogP contribution in [0.2, 0.25) is 0 Å². The molecule has 0 spiro atoms. The summed E-state index contributed by atoms with van der Waals surface area (Å²) in [4.78, 5) is 24.1. The fourth-order valence-corrected chi connectivity index (χ4v) is 3.55. The van der Waals surface area contributed by atoms with Gasteiger partial charge in [0.2, 0.25) is 0 Å². The molecular formula is C18H16O4. The predicted octanol–water partition coefficient (Wildman–Crippen LogP) is 3.16. The number of rotatable bonds is 3. The Hall–Kier alpha value is -2.36. The summed E-state index contributed by atoms with van der Waals surface area (Å²) in [5.41, 5.74) is -0.198. The third-order valence-corrected chi connectivity index (χ3v) is 4.71. The quantitative estimate of drug-likeness (QED) is 0.496. The number of para-hydroxylation sites is 1. The van der Waals surface area contributed by atoms with Crippen molar-refractivity contribution < 1.29 is 13.9 Å². The summed E-state index contributed by atoms with van der Waals surface area (Å²) in [7, 11) is 0. The van der Waals surface area contributed by atoms with Crippen LogP contribution in [0, 0.1) is 17.8 Å². The maximum Gasteiger partial charge on any atom is 0.351 e. The highest BCUT2D eigenvalue weighted by Crippen LogP contribution is 2.43. The predicted molar refractivity (Wildman–Crippen MR) is 81.6 cm³/mol. The average molecular weight is 296 g/mol. The largest absolute Gasteiger partial charge is 0.462 e. The van der Waals surface area contributed by atoms with Gasteiger partial charge in [-0.2, -0.15) is 0 Å². The smallest absolute Gasteiger partial charge is 0.351 e. The zero-order valence-electron chi connectivity index (χ0n) is 12.0. The molecule has 4 nitrogen and oxygen atoms in total. The molecule has 3 atom stereocenters. The SMILES string of the molecule is O=C(OC[C@@H]1C[C@H]2C=C[C@H]1C2)c1cc2ccccc2oc1=O. The fourth-order valence-electron chi connectivity index (χ4n) is 3.55. The van der Waals surface area contributed by atoms with E-state index in [1.165, 1.54) is 6.42 Å². The minimum Gasteiger partial charge on any atom is -0.462 e. The van der Waals surface area contributed by atoms with Crippen LogP contribution in [0.5, 0.6) is 0 Å². The van der Waals surface area contributed by atoms with Crippen molar-refractivity contribution in [1.29, 1.82) is 0 Å². The minimum absolute atomic E-state index is 0.0302. The number of allylic oxidation sites excluding steroid dienone is 2. The molecule has 2 aliphatic rings. The average Bonchev–Trinajstić information content (AvgIpc) is 3.14. The third-order valence-electron chi connectivity index (χ3n) is 4.71. The molecule has 1 fully saturated rings. The molecule has 0 N–H and O–H groups in total. The number of ether oxygens (including phenoxy) is 1. The summed E-state index contributed by atoms with van der Waals surface area (Å²) in [5.74, 6) is 0.947. The van der Waals surface area contributed by atoms with Crippen LogP contribution in [-0.4, -0.2) is 12.6 Å². The molecule has 1 saturated carbocycles. The Balaban J connectivity index is 1.51. The molecule has 4 heteroatoms. The Kier molecular flexibility index (Phi) is 3.10. The molecule has 2 aliphatic carbocycles. The van der Waals surface area contributed by atoms with Gasteiger partial charge < -0.3 is 9.15 Å². The fraction of sp³-hybridized carbons (Fsp3) is 0.333. The summed E-state index contributed by atoms with van der Waals surface area (Å²) in [6, 6.07) is 8.67. The number of carbonyl (C=O) groups excluding carboxylic acids is 1. The molecule has 1 heterocycles. The van der Waals surface area contributed by atoms with Gasteiger partial charge in [0.15, 0.2) is 0 Å². The molecule has 2 aromatic rings. The van der Waals surface area contributed by atoms with Crippen LogP contribution in [0.4, 0.5) is 0 Å². The van der Waals surface area contributed by atoms with E-state index in [0.29, 0.717) is 29.9 Å². The summed E-state index contributed by atoms with van der Waals surface area (Å²) >= 11 is 0. The number of hydrogen-bond acceptors (Lipinski definition) is 4. The summed E-state index contributed by atoms with van der Waals surface area (Å²) < 4.78 is 10.5. The number of fused-ring (bicyclic) bond motifs is 3. The van der Waals surface area contributed by atoms with Crippen LogP contribution in [0.25, 0.3) is 11.0 Å². The lowest BCUT2D eigenvalue weighted by molar-refractivity contribution is 0.0416. The zero-order chi connectivity index (χ0) is 15.1. The van der Waals surface area contributed by atoms with E-state index in [0.717, 1.165) is 11.8 Å². The second-order valence-electron chi connectivity index (χ2n) is 6.12. The molecule has 0 radical (unpaired) electrons. The molecule has 0 saturated heterocycles. The summed E-state index contributed by atoms with van der Waals surface area (Å²) in [6.45, 7) is 0.372. The molecule has 1 aromatic heterocycles. The van der Waals surface area contributed by atoms with Gasteiger partial charge in [-0.3, -0.25) is 0 Å². The molecule has 112 valence electrons. The van der Waals surface area contributed by atoms with E-state index >= 15 is 0 Å². The van der Waals surface area contributed by atoms with E-state index in [9.17, 15) is 9.59 Å². The van der Waals surface area contributed by atoms with E-state index in [4.69, 9.17) is 9.15 Å². The number of carbonyl (C=O) groups is 1. The standard InChI is InChI=1S/C18H16O4/c19-17(21-10-14-8-11-5-6-12(14)7-11)15-9-13-3-1-2-4-16(13)22-18(15)20/h1-6,9,11-12,14H,7-8,10H2/t11-,12-,14-/m0/s1. The molecule has 0 amide bonds. The Morgan fingerprint density at radius 2 is 2.09 bits per heavy atom. The Morgan fingerprint density at radius 1 is 1.23 bits per heavy atom. The van der Waals surface area contributed by atoms with Crippen LogP contribution in [0.15, 0.2) is 51.7 Å². The first-order valence-corrected chi connectivity index (χ1v) is 7.59. The highest BCUT2D eigenvalue weighted by atomic mass is 16.5. The second kappa shape index (κ2) is 5.13. The van der Waals surface area contributed by atoms with Crippen molar-refractivity contribution in [2.75, 3.05) is 6.61 Å². The molecule has 22 heavy (non-hydrogen) atoms. The van der Waals surface area contributed by atoms with Crippen LogP contribution < -0.4 is 5.63 Å². The first-order chi connectivity index (χ1) is 10.7. The lowest BCUT2D eigenvalue weighted by atomic mass is 9.95. The van der Waals surface area contributed by atoms with Crippen molar-refractivity contribution in [3.05, 3.63) is 58.5 Å². The molecular weight excluding hydrogens is 280 g/mol. The Labute approximate surface area is 127 Å². The van der Waals surface area contributed by atoms with Gasteiger partial charge in [0.05, 0.1) is 6.61 Å². The molecule has 1 aromatic carbocycles. The van der Waals surface area contributed by atoms with E-state index < -0.39 is 11.6 Å². The Morgan fingerprint density at radius 3 is 2.86 bits per heavy atom. The van der Waals surface area contributed by atoms with Crippen molar-refractivity contribution in [2.45, 2.75) is 12.8 Å². The van der Waals surface area contributed by atoms with Gasteiger partial charge in [-0.05, 0) is 42.7 Å². The monoisotopic (exact) mass is 296 g/mol. The van der Waals surface area contributed by atoms with Gasteiger partial charge in [-0.15, -0.1) is 0 Å². The van der Waals surface area contributed by atoms with Gasteiger partial charge in [0, 0.05) is 5.39 Å². The molecule has 0 unspecified atom stereocenters. The van der Waals surface area contributed by atoms with Crippen LogP contribution in [0.1, 0.15) is 23.2 Å². The Bertz CT molecular complexity index is 817. The summed E-state index contributed by atoms with van der Waals surface area (Å²) in [6.07, 6.45) is 6.71. The van der Waals surface area contributed by atoms with Crippen LogP contribution in [-0.2, 0) is 4.74 Å². The van der Waals surface area contributed by atoms with Crippen molar-refractivity contribution >= 4 is 16.9 Å². The maximum absolute atomic E-state index is 12.2. The van der Waals surface area contributed by atoms with E-state index in [2.05, 4.69) is 12.2 Å². The second-order valence-corrected chi connectivity index (χ2v) is 6.12. The molecule has 0 aliphatic heterocycles. The minimum atomic E-state index is -0.642. The van der Waals surface area contributed by atoms with Gasteiger partial charge >= 0.3 is 11.6 Å². The van der Waals surface area contributed by atoms with Crippen molar-refractivity contribution in [2.24, 2.45) is 17.8 Å². The maximum atomic E-state index is 12.2.